The normalized spacial score (nSPS) is 14.1. The summed E-state index contributed by atoms with van der Waals surface area (Å²) in [6.45, 7) is 0.126. The molecule has 2 rings (SSSR count). The number of carbonyl (C=O) groups is 2. The van der Waals surface area contributed by atoms with Gasteiger partial charge in [0.25, 0.3) is 5.91 Å². The number of aliphatic hydroxyl groups is 1. The molecule has 3 N–H and O–H groups in total. The van der Waals surface area contributed by atoms with Crippen molar-refractivity contribution in [3.05, 3.63) is 29.8 Å². The van der Waals surface area contributed by atoms with Crippen LogP contribution in [0, 0.1) is 5.92 Å². The van der Waals surface area contributed by atoms with E-state index in [2.05, 4.69) is 10.6 Å². The summed E-state index contributed by atoms with van der Waals surface area (Å²) in [4.78, 5) is 23.2. The molecule has 0 saturated heterocycles. The number of carbonyl (C=O) groups excluding carboxylic acids is 2. The van der Waals surface area contributed by atoms with Gasteiger partial charge in [0.15, 0.2) is 0 Å². The van der Waals surface area contributed by atoms with Crippen molar-refractivity contribution in [2.45, 2.75) is 12.8 Å². The first kappa shape index (κ1) is 12.6. The fraction of sp³-hybridized carbons (Fsp3) is 0.385. The number of benzene rings is 1. The maximum Gasteiger partial charge on any atom is 0.251 e. The van der Waals surface area contributed by atoms with Crippen LogP contribution in [0.15, 0.2) is 24.3 Å². The summed E-state index contributed by atoms with van der Waals surface area (Å²) in [5.74, 6) is -0.105. The second-order valence-electron chi connectivity index (χ2n) is 4.32. The van der Waals surface area contributed by atoms with Gasteiger partial charge in [-0.3, -0.25) is 9.59 Å². The quantitative estimate of drug-likeness (QED) is 0.719. The van der Waals surface area contributed by atoms with Gasteiger partial charge in [-0.1, -0.05) is 6.07 Å². The van der Waals surface area contributed by atoms with Gasteiger partial charge in [0, 0.05) is 23.7 Å². The van der Waals surface area contributed by atoms with Gasteiger partial charge < -0.3 is 15.7 Å². The molecule has 0 bridgehead atoms. The van der Waals surface area contributed by atoms with Gasteiger partial charge in [0.05, 0.1) is 6.61 Å². The Bertz CT molecular complexity index is 455. The maximum atomic E-state index is 11.7. The number of anilines is 1. The Labute approximate surface area is 105 Å². The standard InChI is InChI=1S/C13H16N2O3/c16-7-6-14-12(17)10-2-1-3-11(8-10)15-13(18)9-4-5-9/h1-3,8-9,16H,4-7H2,(H,14,17)(H,15,18). The van der Waals surface area contributed by atoms with E-state index < -0.39 is 0 Å². The van der Waals surface area contributed by atoms with Gasteiger partial charge in [-0.2, -0.15) is 0 Å². The predicted molar refractivity (Wildman–Crippen MR) is 67.2 cm³/mol. The molecule has 0 radical (unpaired) electrons. The molecular weight excluding hydrogens is 232 g/mol. The van der Waals surface area contributed by atoms with E-state index >= 15 is 0 Å². The summed E-state index contributed by atoms with van der Waals surface area (Å²) in [5, 5.41) is 14.0. The Balaban J connectivity index is 1.99. The molecule has 1 aromatic rings. The molecular formula is C13H16N2O3. The Morgan fingerprint density at radius 3 is 2.78 bits per heavy atom. The zero-order valence-corrected chi connectivity index (χ0v) is 9.98. The van der Waals surface area contributed by atoms with Gasteiger partial charge >= 0.3 is 0 Å². The lowest BCUT2D eigenvalue weighted by molar-refractivity contribution is -0.117. The Kier molecular flexibility index (Phi) is 3.94. The SMILES string of the molecule is O=C(NCCO)c1cccc(NC(=O)C2CC2)c1. The fourth-order valence-corrected chi connectivity index (χ4v) is 1.60. The number of hydrogen-bond donors (Lipinski definition) is 3. The average Bonchev–Trinajstić information content (AvgIpc) is 3.20. The van der Waals surface area contributed by atoms with Crippen molar-refractivity contribution in [2.75, 3.05) is 18.5 Å². The van der Waals surface area contributed by atoms with Crippen molar-refractivity contribution in [3.8, 4) is 0 Å². The minimum Gasteiger partial charge on any atom is -0.395 e. The van der Waals surface area contributed by atoms with Gasteiger partial charge in [-0.25, -0.2) is 0 Å². The molecule has 96 valence electrons. The summed E-state index contributed by atoms with van der Waals surface area (Å²) in [6.07, 6.45) is 1.89. The summed E-state index contributed by atoms with van der Waals surface area (Å²) >= 11 is 0. The van der Waals surface area contributed by atoms with Gasteiger partial charge in [-0.15, -0.1) is 0 Å². The highest BCUT2D eigenvalue weighted by Crippen LogP contribution is 2.30. The van der Waals surface area contributed by atoms with Crippen molar-refractivity contribution >= 4 is 17.5 Å². The molecule has 0 unspecified atom stereocenters. The first-order valence-electron chi connectivity index (χ1n) is 6.00. The molecule has 2 amide bonds. The lowest BCUT2D eigenvalue weighted by Gasteiger charge is -2.07. The van der Waals surface area contributed by atoms with Crippen LogP contribution in [0.5, 0.6) is 0 Å². The van der Waals surface area contributed by atoms with E-state index in [9.17, 15) is 9.59 Å². The van der Waals surface area contributed by atoms with Crippen molar-refractivity contribution in [2.24, 2.45) is 5.92 Å². The van der Waals surface area contributed by atoms with Crippen molar-refractivity contribution in [1.82, 2.24) is 5.32 Å². The zero-order valence-electron chi connectivity index (χ0n) is 9.98. The van der Waals surface area contributed by atoms with Crippen LogP contribution in [0.25, 0.3) is 0 Å². The summed E-state index contributed by atoms with van der Waals surface area (Å²) in [6, 6.07) is 6.77. The van der Waals surface area contributed by atoms with Crippen molar-refractivity contribution < 1.29 is 14.7 Å². The zero-order chi connectivity index (χ0) is 13.0. The third-order valence-electron chi connectivity index (χ3n) is 2.74. The van der Waals surface area contributed by atoms with Crippen molar-refractivity contribution in [1.29, 1.82) is 0 Å². The third-order valence-corrected chi connectivity index (χ3v) is 2.74. The molecule has 0 aromatic heterocycles. The topological polar surface area (TPSA) is 78.4 Å². The second-order valence-corrected chi connectivity index (χ2v) is 4.32. The predicted octanol–water partition coefficient (Wildman–Crippen LogP) is 0.757. The first-order chi connectivity index (χ1) is 8.70. The molecule has 0 aliphatic heterocycles. The molecule has 0 heterocycles. The van der Waals surface area contributed by atoms with Crippen LogP contribution in [-0.4, -0.2) is 30.1 Å². The Morgan fingerprint density at radius 1 is 1.33 bits per heavy atom. The summed E-state index contributed by atoms with van der Waals surface area (Å²) in [7, 11) is 0. The smallest absolute Gasteiger partial charge is 0.251 e. The molecule has 1 aromatic carbocycles. The van der Waals surface area contributed by atoms with E-state index in [1.165, 1.54) is 0 Å². The number of hydrogen-bond acceptors (Lipinski definition) is 3. The molecule has 1 aliphatic carbocycles. The number of nitrogens with one attached hydrogen (secondary N) is 2. The first-order valence-corrected chi connectivity index (χ1v) is 6.00. The average molecular weight is 248 g/mol. The second kappa shape index (κ2) is 5.64. The highest BCUT2D eigenvalue weighted by Gasteiger charge is 2.29. The lowest BCUT2D eigenvalue weighted by atomic mass is 10.2. The maximum absolute atomic E-state index is 11.7. The van der Waals surface area contributed by atoms with Crippen LogP contribution in [-0.2, 0) is 4.79 Å². The van der Waals surface area contributed by atoms with E-state index in [0.29, 0.717) is 11.3 Å². The van der Waals surface area contributed by atoms with E-state index in [-0.39, 0.29) is 30.9 Å². The van der Waals surface area contributed by atoms with E-state index in [1.54, 1.807) is 24.3 Å². The summed E-state index contributed by atoms with van der Waals surface area (Å²) < 4.78 is 0. The van der Waals surface area contributed by atoms with Gasteiger partial charge in [-0.05, 0) is 31.0 Å². The minimum atomic E-state index is -0.258. The fourth-order valence-electron chi connectivity index (χ4n) is 1.60. The number of aliphatic hydroxyl groups excluding tert-OH is 1. The molecule has 1 fully saturated rings. The van der Waals surface area contributed by atoms with E-state index in [1.807, 2.05) is 0 Å². The van der Waals surface area contributed by atoms with Crippen molar-refractivity contribution in [3.63, 3.8) is 0 Å². The number of rotatable bonds is 5. The molecule has 5 heteroatoms. The van der Waals surface area contributed by atoms with Gasteiger partial charge in [0.1, 0.15) is 0 Å². The van der Waals surface area contributed by atoms with Crippen LogP contribution < -0.4 is 10.6 Å². The van der Waals surface area contributed by atoms with Crippen LogP contribution in [0.3, 0.4) is 0 Å². The van der Waals surface area contributed by atoms with Gasteiger partial charge in [0.2, 0.25) is 5.91 Å². The Hall–Kier alpha value is -1.88. The molecule has 18 heavy (non-hydrogen) atoms. The third kappa shape index (κ3) is 3.30. The highest BCUT2D eigenvalue weighted by molar-refractivity contribution is 5.98. The minimum absolute atomic E-state index is 0.0166. The number of amides is 2. The van der Waals surface area contributed by atoms with E-state index in [4.69, 9.17) is 5.11 Å². The molecule has 0 spiro atoms. The summed E-state index contributed by atoms with van der Waals surface area (Å²) in [5.41, 5.74) is 1.10. The molecule has 1 saturated carbocycles. The lowest BCUT2D eigenvalue weighted by Crippen LogP contribution is -2.26. The monoisotopic (exact) mass is 248 g/mol. The largest absolute Gasteiger partial charge is 0.395 e. The van der Waals surface area contributed by atoms with Crippen LogP contribution in [0.1, 0.15) is 23.2 Å². The highest BCUT2D eigenvalue weighted by atomic mass is 16.3. The molecule has 5 nitrogen and oxygen atoms in total. The van der Waals surface area contributed by atoms with Crippen LogP contribution in [0.2, 0.25) is 0 Å². The van der Waals surface area contributed by atoms with Crippen LogP contribution in [0.4, 0.5) is 5.69 Å². The van der Waals surface area contributed by atoms with Crippen LogP contribution >= 0.6 is 0 Å². The Morgan fingerprint density at radius 2 is 2.11 bits per heavy atom. The molecule has 1 aliphatic rings. The molecule has 0 atom stereocenters. The van der Waals surface area contributed by atoms with E-state index in [0.717, 1.165) is 12.8 Å².